The summed E-state index contributed by atoms with van der Waals surface area (Å²) in [6.45, 7) is 10.7. The van der Waals surface area contributed by atoms with E-state index in [4.69, 9.17) is 4.74 Å². The van der Waals surface area contributed by atoms with Crippen LogP contribution in [0.4, 0.5) is 5.69 Å². The smallest absolute Gasteiger partial charge is 0.251 e. The predicted molar refractivity (Wildman–Crippen MR) is 115 cm³/mol. The van der Waals surface area contributed by atoms with Crippen LogP contribution >= 0.6 is 0 Å². The van der Waals surface area contributed by atoms with Crippen LogP contribution in [0.25, 0.3) is 0 Å². The molecule has 2 atom stereocenters. The van der Waals surface area contributed by atoms with Crippen LogP contribution in [0.1, 0.15) is 48.7 Å². The number of anilines is 1. The molecule has 1 saturated heterocycles. The fraction of sp³-hybridized carbons (Fsp3) is 0.375. The molecular weight excluding hydrogens is 348 g/mol. The number of ether oxygens (including phenoxy) is 1. The fourth-order valence-electron chi connectivity index (χ4n) is 3.62. The van der Waals surface area contributed by atoms with Gasteiger partial charge >= 0.3 is 0 Å². The second kappa shape index (κ2) is 9.45. The maximum absolute atomic E-state index is 12.5. The van der Waals surface area contributed by atoms with Crippen molar-refractivity contribution < 1.29 is 9.53 Å². The van der Waals surface area contributed by atoms with E-state index in [0.29, 0.717) is 12.2 Å². The van der Waals surface area contributed by atoms with Gasteiger partial charge in [0.2, 0.25) is 0 Å². The van der Waals surface area contributed by atoms with Crippen molar-refractivity contribution in [3.8, 4) is 5.75 Å². The average molecular weight is 379 g/mol. The third-order valence-electron chi connectivity index (χ3n) is 5.25. The van der Waals surface area contributed by atoms with Crippen molar-refractivity contribution in [2.75, 3.05) is 24.6 Å². The van der Waals surface area contributed by atoms with E-state index >= 15 is 0 Å². The Bertz CT molecular complexity index is 783. The second-order valence-electron chi connectivity index (χ2n) is 7.60. The lowest BCUT2D eigenvalue weighted by atomic mass is 9.99. The number of hydrogen-bond donors (Lipinski definition) is 1. The topological polar surface area (TPSA) is 41.6 Å². The van der Waals surface area contributed by atoms with Crippen LogP contribution in [0.3, 0.4) is 0 Å². The molecule has 1 aliphatic heterocycles. The molecule has 0 radical (unpaired) electrons. The minimum atomic E-state index is -0.0864. The van der Waals surface area contributed by atoms with E-state index in [1.165, 1.54) is 18.5 Å². The number of nitrogens with zero attached hydrogens (tertiary/aromatic N) is 1. The third-order valence-corrected chi connectivity index (χ3v) is 5.25. The Morgan fingerprint density at radius 2 is 1.96 bits per heavy atom. The number of piperidine rings is 1. The molecular formula is C24H30N2O2. The first-order valence-corrected chi connectivity index (χ1v) is 10.1. The predicted octanol–water partition coefficient (Wildman–Crippen LogP) is 4.98. The number of nitrogens with one attached hydrogen (secondary N) is 1. The van der Waals surface area contributed by atoms with Crippen LogP contribution < -0.4 is 15.0 Å². The molecule has 0 bridgehead atoms. The van der Waals surface area contributed by atoms with Crippen LogP contribution in [0.2, 0.25) is 0 Å². The van der Waals surface area contributed by atoms with Crippen molar-refractivity contribution in [3.63, 3.8) is 0 Å². The second-order valence-corrected chi connectivity index (χ2v) is 7.60. The molecule has 0 saturated carbocycles. The van der Waals surface area contributed by atoms with Crippen molar-refractivity contribution in [2.24, 2.45) is 5.92 Å². The maximum Gasteiger partial charge on any atom is 0.251 e. The lowest BCUT2D eigenvalue weighted by molar-refractivity contribution is 0.0940. The Hall–Kier alpha value is -2.75. The van der Waals surface area contributed by atoms with E-state index in [0.717, 1.165) is 30.3 Å². The molecule has 1 N–H and O–H groups in total. The molecule has 1 aliphatic rings. The highest BCUT2D eigenvalue weighted by Gasteiger charge is 2.17. The summed E-state index contributed by atoms with van der Waals surface area (Å²) in [7, 11) is 0. The Morgan fingerprint density at radius 1 is 1.25 bits per heavy atom. The van der Waals surface area contributed by atoms with Gasteiger partial charge in [0.1, 0.15) is 12.4 Å². The van der Waals surface area contributed by atoms with Gasteiger partial charge < -0.3 is 15.0 Å². The maximum atomic E-state index is 12.5. The van der Waals surface area contributed by atoms with Crippen LogP contribution in [0, 0.1) is 5.92 Å². The van der Waals surface area contributed by atoms with Gasteiger partial charge in [0, 0.05) is 24.3 Å². The van der Waals surface area contributed by atoms with Crippen molar-refractivity contribution in [1.82, 2.24) is 5.32 Å². The van der Waals surface area contributed by atoms with Crippen LogP contribution in [-0.4, -0.2) is 25.6 Å². The van der Waals surface area contributed by atoms with Gasteiger partial charge in [-0.15, -0.1) is 0 Å². The van der Waals surface area contributed by atoms with E-state index in [9.17, 15) is 4.79 Å². The Balaban J connectivity index is 1.58. The first-order chi connectivity index (χ1) is 13.6. The average Bonchev–Trinajstić information content (AvgIpc) is 2.72. The molecule has 2 aromatic rings. The van der Waals surface area contributed by atoms with E-state index < -0.39 is 0 Å². The van der Waals surface area contributed by atoms with Gasteiger partial charge in [0.15, 0.2) is 0 Å². The van der Waals surface area contributed by atoms with Gasteiger partial charge in [-0.3, -0.25) is 4.79 Å². The molecule has 4 nitrogen and oxygen atoms in total. The minimum Gasteiger partial charge on any atom is -0.490 e. The number of rotatable bonds is 7. The molecule has 1 fully saturated rings. The zero-order valence-electron chi connectivity index (χ0n) is 16.9. The molecule has 148 valence electrons. The Kier molecular flexibility index (Phi) is 6.75. The molecule has 0 aromatic heterocycles. The summed E-state index contributed by atoms with van der Waals surface area (Å²) in [6.07, 6.45) is 4.27. The third kappa shape index (κ3) is 5.16. The zero-order chi connectivity index (χ0) is 19.9. The van der Waals surface area contributed by atoms with Gasteiger partial charge in [-0.1, -0.05) is 31.7 Å². The summed E-state index contributed by atoms with van der Waals surface area (Å²) in [5.74, 6) is 1.39. The Morgan fingerprint density at radius 3 is 2.61 bits per heavy atom. The lowest BCUT2D eigenvalue weighted by Crippen LogP contribution is -2.34. The summed E-state index contributed by atoms with van der Waals surface area (Å²) >= 11 is 0. The quantitative estimate of drug-likeness (QED) is 0.691. The Labute approximate surface area is 168 Å². The molecule has 0 unspecified atom stereocenters. The van der Waals surface area contributed by atoms with Crippen LogP contribution in [0.5, 0.6) is 5.75 Å². The first-order valence-electron chi connectivity index (χ1n) is 10.1. The first kappa shape index (κ1) is 20.0. The standard InChI is InChI=1S/C24H30N2O2/c1-4-16-28-23-13-9-21(10-14-23)24(27)25-19(3)20-7-11-22(12-8-20)26-15-5-6-18(2)17-26/h4,7-14,18-19H,1,5-6,15-17H2,2-3H3,(H,25,27)/t18-,19+/m1/s1. The number of amides is 1. The zero-order valence-corrected chi connectivity index (χ0v) is 16.9. The van der Waals surface area contributed by atoms with E-state index in [1.54, 1.807) is 30.3 Å². The monoisotopic (exact) mass is 378 g/mol. The summed E-state index contributed by atoms with van der Waals surface area (Å²) in [6, 6.07) is 15.7. The van der Waals surface area contributed by atoms with Crippen LogP contribution in [0.15, 0.2) is 61.2 Å². The number of carbonyl (C=O) groups excluding carboxylic acids is 1. The van der Waals surface area contributed by atoms with E-state index in [1.807, 2.05) is 6.92 Å². The highest BCUT2D eigenvalue weighted by molar-refractivity contribution is 5.94. The van der Waals surface area contributed by atoms with E-state index in [-0.39, 0.29) is 11.9 Å². The van der Waals surface area contributed by atoms with Gasteiger partial charge in [-0.25, -0.2) is 0 Å². The lowest BCUT2D eigenvalue weighted by Gasteiger charge is -2.33. The van der Waals surface area contributed by atoms with Gasteiger partial charge in [0.25, 0.3) is 5.91 Å². The van der Waals surface area contributed by atoms with Crippen molar-refractivity contribution in [1.29, 1.82) is 0 Å². The number of carbonyl (C=O) groups is 1. The number of benzene rings is 2. The number of hydrogen-bond acceptors (Lipinski definition) is 3. The summed E-state index contributed by atoms with van der Waals surface area (Å²) in [5, 5.41) is 3.07. The van der Waals surface area contributed by atoms with Crippen molar-refractivity contribution in [2.45, 2.75) is 32.7 Å². The summed E-state index contributed by atoms with van der Waals surface area (Å²) < 4.78 is 5.45. The van der Waals surface area contributed by atoms with Crippen molar-refractivity contribution >= 4 is 11.6 Å². The van der Waals surface area contributed by atoms with Crippen LogP contribution in [-0.2, 0) is 0 Å². The molecule has 0 spiro atoms. The molecule has 4 heteroatoms. The summed E-state index contributed by atoms with van der Waals surface area (Å²) in [4.78, 5) is 15.0. The molecule has 1 amide bonds. The molecule has 28 heavy (non-hydrogen) atoms. The minimum absolute atomic E-state index is 0.0569. The SMILES string of the molecule is C=CCOc1ccc(C(=O)N[C@@H](C)c2ccc(N3CCC[C@@H](C)C3)cc2)cc1. The highest BCUT2D eigenvalue weighted by atomic mass is 16.5. The normalized spacial score (nSPS) is 17.6. The van der Waals surface area contributed by atoms with Gasteiger partial charge in [-0.05, 0) is 67.6 Å². The molecule has 0 aliphatic carbocycles. The van der Waals surface area contributed by atoms with Gasteiger partial charge in [0.05, 0.1) is 6.04 Å². The summed E-state index contributed by atoms with van der Waals surface area (Å²) in [5.41, 5.74) is 2.99. The highest BCUT2D eigenvalue weighted by Crippen LogP contribution is 2.25. The largest absolute Gasteiger partial charge is 0.490 e. The molecule has 1 heterocycles. The van der Waals surface area contributed by atoms with E-state index in [2.05, 4.69) is 48.0 Å². The van der Waals surface area contributed by atoms with Crippen molar-refractivity contribution in [3.05, 3.63) is 72.3 Å². The molecule has 3 rings (SSSR count). The fourth-order valence-corrected chi connectivity index (χ4v) is 3.62. The van der Waals surface area contributed by atoms with Gasteiger partial charge in [-0.2, -0.15) is 0 Å². The molecule has 2 aromatic carbocycles.